The number of nitrogens with zero attached hydrogens (tertiary/aromatic N) is 1. The number of alkyl halides is 1. The minimum absolute atomic E-state index is 0.327. The fourth-order valence-corrected chi connectivity index (χ4v) is 2.88. The standard InChI is InChI=1S/C14H20BrNO/c1-11-8-14(5-4-13(11)9-15)16-6-3-7-17-12(2)10-16/h4-5,8,12H,3,6-7,9-10H2,1-2H3. The molecule has 1 heterocycles. The summed E-state index contributed by atoms with van der Waals surface area (Å²) in [6.45, 7) is 7.30. The van der Waals surface area contributed by atoms with Gasteiger partial charge in [-0.25, -0.2) is 0 Å². The average Bonchev–Trinajstić information content (AvgIpc) is 2.54. The normalized spacial score (nSPS) is 21.4. The molecule has 17 heavy (non-hydrogen) atoms. The highest BCUT2D eigenvalue weighted by Gasteiger charge is 2.15. The smallest absolute Gasteiger partial charge is 0.0721 e. The first-order valence-electron chi connectivity index (χ1n) is 6.22. The van der Waals surface area contributed by atoms with Gasteiger partial charge in [0.25, 0.3) is 0 Å². The summed E-state index contributed by atoms with van der Waals surface area (Å²) >= 11 is 3.52. The van der Waals surface area contributed by atoms with Gasteiger partial charge in [-0.15, -0.1) is 0 Å². The van der Waals surface area contributed by atoms with Crippen LogP contribution < -0.4 is 4.90 Å². The average molecular weight is 298 g/mol. The largest absolute Gasteiger partial charge is 0.377 e. The van der Waals surface area contributed by atoms with Gasteiger partial charge in [0.15, 0.2) is 0 Å². The minimum atomic E-state index is 0.327. The Morgan fingerprint density at radius 2 is 2.29 bits per heavy atom. The second-order valence-corrected chi connectivity index (χ2v) is 5.29. The first-order chi connectivity index (χ1) is 8.20. The van der Waals surface area contributed by atoms with Crippen LogP contribution in [0.4, 0.5) is 5.69 Å². The van der Waals surface area contributed by atoms with Crippen LogP contribution in [0, 0.1) is 6.92 Å². The van der Waals surface area contributed by atoms with Crippen molar-refractivity contribution in [2.24, 2.45) is 0 Å². The van der Waals surface area contributed by atoms with Crippen molar-refractivity contribution in [2.75, 3.05) is 24.6 Å². The zero-order chi connectivity index (χ0) is 12.3. The van der Waals surface area contributed by atoms with E-state index in [-0.39, 0.29) is 0 Å². The second-order valence-electron chi connectivity index (χ2n) is 4.73. The van der Waals surface area contributed by atoms with Crippen LogP contribution in [0.3, 0.4) is 0 Å². The van der Waals surface area contributed by atoms with Gasteiger partial charge >= 0.3 is 0 Å². The fraction of sp³-hybridized carbons (Fsp3) is 0.571. The van der Waals surface area contributed by atoms with E-state index in [0.29, 0.717) is 6.10 Å². The SMILES string of the molecule is Cc1cc(N2CCCOC(C)C2)ccc1CBr. The number of anilines is 1. The van der Waals surface area contributed by atoms with Crippen molar-refractivity contribution in [2.45, 2.75) is 31.7 Å². The summed E-state index contributed by atoms with van der Waals surface area (Å²) in [5.41, 5.74) is 4.05. The number of aryl methyl sites for hydroxylation is 1. The Morgan fingerprint density at radius 3 is 3.00 bits per heavy atom. The highest BCUT2D eigenvalue weighted by molar-refractivity contribution is 9.08. The Labute approximate surface area is 112 Å². The number of hydrogen-bond donors (Lipinski definition) is 0. The Bertz CT molecular complexity index is 380. The number of benzene rings is 1. The van der Waals surface area contributed by atoms with E-state index in [1.54, 1.807) is 0 Å². The molecular formula is C14H20BrNO. The maximum Gasteiger partial charge on any atom is 0.0721 e. The Hall–Kier alpha value is -0.540. The summed E-state index contributed by atoms with van der Waals surface area (Å²) in [5.74, 6) is 0. The van der Waals surface area contributed by atoms with Gasteiger partial charge in [0, 0.05) is 30.7 Å². The Balaban J connectivity index is 2.17. The minimum Gasteiger partial charge on any atom is -0.377 e. The molecule has 2 rings (SSSR count). The van der Waals surface area contributed by atoms with Crippen LogP contribution in [0.1, 0.15) is 24.5 Å². The van der Waals surface area contributed by atoms with Gasteiger partial charge in [0.05, 0.1) is 6.10 Å². The molecule has 0 aromatic heterocycles. The monoisotopic (exact) mass is 297 g/mol. The zero-order valence-electron chi connectivity index (χ0n) is 10.6. The Kier molecular flexibility index (Phi) is 4.46. The third kappa shape index (κ3) is 3.23. The molecule has 1 aromatic carbocycles. The van der Waals surface area contributed by atoms with Crippen molar-refractivity contribution in [3.8, 4) is 0 Å². The summed E-state index contributed by atoms with van der Waals surface area (Å²) in [4.78, 5) is 2.43. The van der Waals surface area contributed by atoms with Crippen LogP contribution >= 0.6 is 15.9 Å². The molecule has 0 radical (unpaired) electrons. The lowest BCUT2D eigenvalue weighted by molar-refractivity contribution is 0.0821. The van der Waals surface area contributed by atoms with Gasteiger partial charge in [-0.1, -0.05) is 22.0 Å². The van der Waals surface area contributed by atoms with Crippen LogP contribution in [-0.2, 0) is 10.1 Å². The zero-order valence-corrected chi connectivity index (χ0v) is 12.2. The quantitative estimate of drug-likeness (QED) is 0.775. The molecule has 94 valence electrons. The Morgan fingerprint density at radius 1 is 1.47 bits per heavy atom. The van der Waals surface area contributed by atoms with E-state index in [9.17, 15) is 0 Å². The highest BCUT2D eigenvalue weighted by Crippen LogP contribution is 2.22. The highest BCUT2D eigenvalue weighted by atomic mass is 79.9. The molecule has 1 aliphatic heterocycles. The topological polar surface area (TPSA) is 12.5 Å². The summed E-state index contributed by atoms with van der Waals surface area (Å²) in [5, 5.41) is 0.929. The fourth-order valence-electron chi connectivity index (χ4n) is 2.26. The van der Waals surface area contributed by atoms with Crippen molar-refractivity contribution in [3.05, 3.63) is 29.3 Å². The number of halogens is 1. The predicted molar refractivity (Wildman–Crippen MR) is 76.1 cm³/mol. The van der Waals surface area contributed by atoms with Crippen molar-refractivity contribution in [3.63, 3.8) is 0 Å². The van der Waals surface area contributed by atoms with Crippen LogP contribution in [-0.4, -0.2) is 25.8 Å². The van der Waals surface area contributed by atoms with Crippen LogP contribution in [0.15, 0.2) is 18.2 Å². The lowest BCUT2D eigenvalue weighted by atomic mass is 10.1. The lowest BCUT2D eigenvalue weighted by Crippen LogP contribution is -2.30. The molecule has 1 saturated heterocycles. The first kappa shape index (κ1) is 12.9. The first-order valence-corrected chi connectivity index (χ1v) is 7.35. The van der Waals surface area contributed by atoms with E-state index in [0.717, 1.165) is 31.4 Å². The molecule has 3 heteroatoms. The van der Waals surface area contributed by atoms with Crippen LogP contribution in [0.2, 0.25) is 0 Å². The predicted octanol–water partition coefficient (Wildman–Crippen LogP) is 3.51. The molecule has 1 aromatic rings. The van der Waals surface area contributed by atoms with Gasteiger partial charge in [-0.3, -0.25) is 0 Å². The van der Waals surface area contributed by atoms with Crippen molar-refractivity contribution in [1.29, 1.82) is 0 Å². The van der Waals surface area contributed by atoms with E-state index in [2.05, 4.69) is 52.9 Å². The molecule has 0 bridgehead atoms. The molecule has 0 amide bonds. The summed E-state index contributed by atoms with van der Waals surface area (Å²) in [6.07, 6.45) is 1.44. The molecule has 0 N–H and O–H groups in total. The van der Waals surface area contributed by atoms with Crippen molar-refractivity contribution < 1.29 is 4.74 Å². The molecular weight excluding hydrogens is 278 g/mol. The number of hydrogen-bond acceptors (Lipinski definition) is 2. The number of ether oxygens (including phenoxy) is 1. The number of rotatable bonds is 2. The van der Waals surface area contributed by atoms with Crippen molar-refractivity contribution in [1.82, 2.24) is 0 Å². The third-order valence-corrected chi connectivity index (χ3v) is 3.89. The molecule has 2 nitrogen and oxygen atoms in total. The summed E-state index contributed by atoms with van der Waals surface area (Å²) < 4.78 is 5.68. The van der Waals surface area contributed by atoms with E-state index in [1.165, 1.54) is 16.8 Å². The molecule has 0 aliphatic carbocycles. The van der Waals surface area contributed by atoms with E-state index in [4.69, 9.17) is 4.74 Å². The second kappa shape index (κ2) is 5.87. The summed E-state index contributed by atoms with van der Waals surface area (Å²) in [6, 6.07) is 6.73. The van der Waals surface area contributed by atoms with Crippen LogP contribution in [0.25, 0.3) is 0 Å². The summed E-state index contributed by atoms with van der Waals surface area (Å²) in [7, 11) is 0. The van der Waals surface area contributed by atoms with Gasteiger partial charge in [0.1, 0.15) is 0 Å². The molecule has 0 saturated carbocycles. The van der Waals surface area contributed by atoms with Gasteiger partial charge in [0.2, 0.25) is 0 Å². The van der Waals surface area contributed by atoms with Gasteiger partial charge in [-0.05, 0) is 43.5 Å². The van der Waals surface area contributed by atoms with Crippen molar-refractivity contribution >= 4 is 21.6 Å². The van der Waals surface area contributed by atoms with Gasteiger partial charge < -0.3 is 9.64 Å². The van der Waals surface area contributed by atoms with Crippen LogP contribution in [0.5, 0.6) is 0 Å². The maximum atomic E-state index is 5.68. The third-order valence-electron chi connectivity index (χ3n) is 3.29. The molecule has 1 atom stereocenters. The van der Waals surface area contributed by atoms with E-state index >= 15 is 0 Å². The molecule has 1 aliphatic rings. The van der Waals surface area contributed by atoms with E-state index < -0.39 is 0 Å². The maximum absolute atomic E-state index is 5.68. The van der Waals surface area contributed by atoms with E-state index in [1.807, 2.05) is 0 Å². The molecule has 0 spiro atoms. The lowest BCUT2D eigenvalue weighted by Gasteiger charge is -2.25. The molecule has 1 unspecified atom stereocenters. The van der Waals surface area contributed by atoms with Gasteiger partial charge in [-0.2, -0.15) is 0 Å². The molecule has 1 fully saturated rings.